The molecule has 0 saturated heterocycles. The fourth-order valence-corrected chi connectivity index (χ4v) is 2.56. The van der Waals surface area contributed by atoms with Gasteiger partial charge in [0.1, 0.15) is 17.7 Å². The first-order valence-corrected chi connectivity index (χ1v) is 7.65. The Morgan fingerprint density at radius 1 is 1.28 bits per heavy atom. The van der Waals surface area contributed by atoms with Crippen LogP contribution in [0, 0.1) is 23.1 Å². The molecule has 0 fully saturated rings. The van der Waals surface area contributed by atoms with Crippen LogP contribution in [-0.2, 0) is 4.79 Å². The van der Waals surface area contributed by atoms with Gasteiger partial charge in [-0.3, -0.25) is 4.79 Å². The van der Waals surface area contributed by atoms with E-state index in [2.05, 4.69) is 9.97 Å². The summed E-state index contributed by atoms with van der Waals surface area (Å²) in [5.74, 6) is -1.17. The highest BCUT2D eigenvalue weighted by Gasteiger charge is 2.22. The van der Waals surface area contributed by atoms with E-state index in [1.54, 1.807) is 31.2 Å². The number of H-pyrrole nitrogens is 1. The van der Waals surface area contributed by atoms with Crippen molar-refractivity contribution < 1.29 is 9.18 Å². The summed E-state index contributed by atoms with van der Waals surface area (Å²) in [6.45, 7) is 1.64. The maximum Gasteiger partial charge on any atom is 0.222 e. The SMILES string of the molecule is C[C@@H](C(N)=O)[C@H](N)c1nc2cc(-c3ccc(C#N)c(F)c3)ccc2[nH]1. The Balaban J connectivity index is 1.99. The second kappa shape index (κ2) is 6.34. The lowest BCUT2D eigenvalue weighted by Gasteiger charge is -2.13. The summed E-state index contributed by atoms with van der Waals surface area (Å²) in [4.78, 5) is 18.8. The van der Waals surface area contributed by atoms with Crippen molar-refractivity contribution in [2.75, 3.05) is 0 Å². The maximum atomic E-state index is 13.8. The molecule has 1 amide bonds. The monoisotopic (exact) mass is 337 g/mol. The van der Waals surface area contributed by atoms with Crippen LogP contribution in [0.4, 0.5) is 4.39 Å². The van der Waals surface area contributed by atoms with Crippen molar-refractivity contribution in [1.29, 1.82) is 5.26 Å². The minimum absolute atomic E-state index is 0.00158. The number of fused-ring (bicyclic) bond motifs is 1. The fraction of sp³-hybridized carbons (Fsp3) is 0.167. The highest BCUT2D eigenvalue weighted by Crippen LogP contribution is 2.26. The lowest BCUT2D eigenvalue weighted by Crippen LogP contribution is -2.31. The summed E-state index contributed by atoms with van der Waals surface area (Å²) in [5.41, 5.74) is 14.1. The maximum absolute atomic E-state index is 13.8. The minimum atomic E-state index is -0.638. The van der Waals surface area contributed by atoms with Gasteiger partial charge in [-0.1, -0.05) is 19.1 Å². The molecular weight excluding hydrogens is 321 g/mol. The van der Waals surface area contributed by atoms with Crippen LogP contribution >= 0.6 is 0 Å². The number of nitrogens with two attached hydrogens (primary N) is 2. The molecule has 1 aromatic heterocycles. The molecular formula is C18H16FN5O. The van der Waals surface area contributed by atoms with Crippen molar-refractivity contribution in [3.63, 3.8) is 0 Å². The van der Waals surface area contributed by atoms with Gasteiger partial charge in [0.15, 0.2) is 0 Å². The number of hydrogen-bond donors (Lipinski definition) is 3. The van der Waals surface area contributed by atoms with Crippen LogP contribution in [0.3, 0.4) is 0 Å². The average Bonchev–Trinajstić information content (AvgIpc) is 3.03. The Hall–Kier alpha value is -3.24. The van der Waals surface area contributed by atoms with Crippen molar-refractivity contribution >= 4 is 16.9 Å². The van der Waals surface area contributed by atoms with Gasteiger partial charge in [-0.25, -0.2) is 9.37 Å². The molecule has 0 aliphatic heterocycles. The molecule has 0 unspecified atom stereocenters. The Labute approximate surface area is 143 Å². The number of imidazole rings is 1. The summed E-state index contributed by atoms with van der Waals surface area (Å²) in [5, 5.41) is 8.81. The Morgan fingerprint density at radius 2 is 1.96 bits per heavy atom. The summed E-state index contributed by atoms with van der Waals surface area (Å²) in [6, 6.07) is 11.0. The van der Waals surface area contributed by atoms with Gasteiger partial charge in [-0.2, -0.15) is 5.26 Å². The quantitative estimate of drug-likeness (QED) is 0.676. The molecule has 2 aromatic carbocycles. The van der Waals surface area contributed by atoms with Gasteiger partial charge in [-0.05, 0) is 35.4 Å². The van der Waals surface area contributed by atoms with Crippen molar-refractivity contribution in [2.45, 2.75) is 13.0 Å². The van der Waals surface area contributed by atoms with Gasteiger partial charge in [0.05, 0.1) is 28.6 Å². The van der Waals surface area contributed by atoms with E-state index in [0.29, 0.717) is 16.9 Å². The number of nitriles is 1. The number of carbonyl (C=O) groups is 1. The van der Waals surface area contributed by atoms with Gasteiger partial charge >= 0.3 is 0 Å². The first-order chi connectivity index (χ1) is 11.9. The molecule has 0 aliphatic carbocycles. The zero-order valence-corrected chi connectivity index (χ0v) is 13.5. The normalized spacial score (nSPS) is 13.4. The van der Waals surface area contributed by atoms with E-state index >= 15 is 0 Å². The van der Waals surface area contributed by atoms with Crippen LogP contribution in [0.5, 0.6) is 0 Å². The van der Waals surface area contributed by atoms with Gasteiger partial charge in [-0.15, -0.1) is 0 Å². The molecule has 1 heterocycles. The number of carbonyl (C=O) groups excluding carboxylic acids is 1. The van der Waals surface area contributed by atoms with Crippen molar-refractivity contribution in [3.8, 4) is 17.2 Å². The molecule has 3 aromatic rings. The van der Waals surface area contributed by atoms with Crippen molar-refractivity contribution in [1.82, 2.24) is 9.97 Å². The van der Waals surface area contributed by atoms with E-state index in [-0.39, 0.29) is 5.56 Å². The van der Waals surface area contributed by atoms with E-state index in [1.807, 2.05) is 6.07 Å². The summed E-state index contributed by atoms with van der Waals surface area (Å²) >= 11 is 0. The third-order valence-corrected chi connectivity index (χ3v) is 4.23. The Bertz CT molecular complexity index is 1000. The summed E-state index contributed by atoms with van der Waals surface area (Å²) < 4.78 is 13.8. The second-order valence-electron chi connectivity index (χ2n) is 5.88. The Kier molecular flexibility index (Phi) is 4.21. The van der Waals surface area contributed by atoms with Crippen LogP contribution in [0.15, 0.2) is 36.4 Å². The third kappa shape index (κ3) is 3.07. The highest BCUT2D eigenvalue weighted by atomic mass is 19.1. The Morgan fingerprint density at radius 3 is 2.60 bits per heavy atom. The van der Waals surface area contributed by atoms with Crippen molar-refractivity contribution in [3.05, 3.63) is 53.6 Å². The van der Waals surface area contributed by atoms with E-state index in [0.717, 1.165) is 11.1 Å². The number of nitrogens with one attached hydrogen (secondary N) is 1. The van der Waals surface area contributed by atoms with Gasteiger partial charge in [0.2, 0.25) is 5.91 Å². The lowest BCUT2D eigenvalue weighted by molar-refractivity contribution is -0.121. The number of benzene rings is 2. The molecule has 2 atom stereocenters. The van der Waals surface area contributed by atoms with Gasteiger partial charge < -0.3 is 16.5 Å². The van der Waals surface area contributed by atoms with Crippen molar-refractivity contribution in [2.24, 2.45) is 17.4 Å². The number of amides is 1. The zero-order chi connectivity index (χ0) is 18.1. The van der Waals surface area contributed by atoms with Crippen LogP contribution < -0.4 is 11.5 Å². The second-order valence-corrected chi connectivity index (χ2v) is 5.88. The molecule has 3 rings (SSSR count). The number of halogens is 1. The number of hydrogen-bond acceptors (Lipinski definition) is 4. The lowest BCUT2D eigenvalue weighted by atomic mass is 10.0. The number of nitrogens with zero attached hydrogens (tertiary/aromatic N) is 2. The highest BCUT2D eigenvalue weighted by molar-refractivity contribution is 5.82. The van der Waals surface area contributed by atoms with Crippen LogP contribution in [-0.4, -0.2) is 15.9 Å². The molecule has 0 spiro atoms. The van der Waals surface area contributed by atoms with E-state index in [4.69, 9.17) is 16.7 Å². The van der Waals surface area contributed by atoms with Crippen LogP contribution in [0.25, 0.3) is 22.2 Å². The predicted molar refractivity (Wildman–Crippen MR) is 91.5 cm³/mol. The van der Waals surface area contributed by atoms with E-state index in [9.17, 15) is 9.18 Å². The first kappa shape index (κ1) is 16.6. The standard InChI is InChI=1S/C18H16FN5O/c1-9(17(22)25)16(21)18-23-14-5-4-11(7-15(14)24-18)10-2-3-12(8-20)13(19)6-10/h2-7,9,16H,21H2,1H3,(H2,22,25)(H,23,24)/t9-,16+/m1/s1. The average molecular weight is 337 g/mol. The number of aromatic amines is 1. The van der Waals surface area contributed by atoms with Crippen LogP contribution in [0.1, 0.15) is 24.4 Å². The molecule has 0 radical (unpaired) electrons. The zero-order valence-electron chi connectivity index (χ0n) is 13.5. The molecule has 5 N–H and O–H groups in total. The minimum Gasteiger partial charge on any atom is -0.369 e. The third-order valence-electron chi connectivity index (χ3n) is 4.23. The molecule has 0 aliphatic rings. The molecule has 7 heteroatoms. The molecule has 6 nitrogen and oxygen atoms in total. The topological polar surface area (TPSA) is 122 Å². The largest absolute Gasteiger partial charge is 0.369 e. The molecule has 126 valence electrons. The van der Waals surface area contributed by atoms with E-state index in [1.165, 1.54) is 12.1 Å². The number of rotatable bonds is 4. The van der Waals surface area contributed by atoms with E-state index < -0.39 is 23.7 Å². The number of aromatic nitrogens is 2. The smallest absolute Gasteiger partial charge is 0.222 e. The summed E-state index contributed by atoms with van der Waals surface area (Å²) in [7, 11) is 0. The molecule has 0 bridgehead atoms. The first-order valence-electron chi connectivity index (χ1n) is 7.65. The number of primary amides is 1. The molecule has 0 saturated carbocycles. The molecule has 25 heavy (non-hydrogen) atoms. The van der Waals surface area contributed by atoms with Gasteiger partial charge in [0.25, 0.3) is 0 Å². The predicted octanol–water partition coefficient (Wildman–Crippen LogP) is 2.36. The fourth-order valence-electron chi connectivity index (χ4n) is 2.56. The van der Waals surface area contributed by atoms with Gasteiger partial charge in [0, 0.05) is 0 Å². The van der Waals surface area contributed by atoms with Crippen LogP contribution in [0.2, 0.25) is 0 Å². The summed E-state index contributed by atoms with van der Waals surface area (Å²) in [6.07, 6.45) is 0.